The fourth-order valence-corrected chi connectivity index (χ4v) is 6.02. The van der Waals surface area contributed by atoms with Crippen molar-refractivity contribution in [3.05, 3.63) is 114 Å². The molecule has 2 fully saturated rings. The molecule has 7 rings (SSSR count). The van der Waals surface area contributed by atoms with Crippen LogP contribution < -0.4 is 4.90 Å². The van der Waals surface area contributed by atoms with Crippen LogP contribution in [0, 0.1) is 17.7 Å². The number of Topliss-reactive ketones (excluding diaryl/α,β-unsaturated/α-hetero) is 1. The van der Waals surface area contributed by atoms with Gasteiger partial charge in [0.25, 0.3) is 0 Å². The molecular formula is C30H20FN3O3. The maximum Gasteiger partial charge on any atom is 0.240 e. The summed E-state index contributed by atoms with van der Waals surface area (Å²) < 4.78 is 13.6. The molecule has 0 radical (unpaired) electrons. The first-order chi connectivity index (χ1) is 18.0. The van der Waals surface area contributed by atoms with E-state index in [1.807, 2.05) is 60.7 Å². The number of amides is 2. The van der Waals surface area contributed by atoms with Crippen LogP contribution in [0.1, 0.15) is 27.5 Å². The van der Waals surface area contributed by atoms with Gasteiger partial charge in [0.1, 0.15) is 11.9 Å². The lowest BCUT2D eigenvalue weighted by molar-refractivity contribution is -0.124. The van der Waals surface area contributed by atoms with Gasteiger partial charge in [0.15, 0.2) is 5.78 Å². The number of halogens is 1. The second-order valence-electron chi connectivity index (χ2n) is 9.61. The first-order valence-electron chi connectivity index (χ1n) is 12.1. The molecule has 0 bridgehead atoms. The highest BCUT2D eigenvalue weighted by Crippen LogP contribution is 2.53. The van der Waals surface area contributed by atoms with Gasteiger partial charge in [0.05, 0.1) is 29.8 Å². The summed E-state index contributed by atoms with van der Waals surface area (Å²) in [5.41, 5.74) is 2.45. The summed E-state index contributed by atoms with van der Waals surface area (Å²) in [4.78, 5) is 43.1. The van der Waals surface area contributed by atoms with Crippen LogP contribution in [0.25, 0.3) is 10.8 Å². The number of ketones is 1. The Hall–Kier alpha value is -4.65. The minimum Gasteiger partial charge on any atom is -0.292 e. The molecule has 180 valence electrons. The van der Waals surface area contributed by atoms with Crippen molar-refractivity contribution < 1.29 is 18.8 Å². The van der Waals surface area contributed by atoms with Gasteiger partial charge in [-0.1, -0.05) is 54.6 Å². The third-order valence-corrected chi connectivity index (χ3v) is 7.68. The SMILES string of the molecule is O=C(c1ccc(F)cc1)[C@@H]1[C@@H]2C(=O)N(c3ccc4ccccc4c3)C(=O)[C@H]2[C@H]2c3ccccc3C=NN12. The monoisotopic (exact) mass is 489 g/mol. The first kappa shape index (κ1) is 21.6. The Balaban J connectivity index is 1.37. The van der Waals surface area contributed by atoms with Crippen molar-refractivity contribution in [2.24, 2.45) is 16.9 Å². The summed E-state index contributed by atoms with van der Waals surface area (Å²) in [5, 5.41) is 8.07. The maximum absolute atomic E-state index is 14.0. The first-order valence-corrected chi connectivity index (χ1v) is 12.1. The van der Waals surface area contributed by atoms with Crippen LogP contribution in [-0.4, -0.2) is 34.9 Å². The molecule has 6 nitrogen and oxygen atoms in total. The predicted molar refractivity (Wildman–Crippen MR) is 137 cm³/mol. The number of hydrogen-bond acceptors (Lipinski definition) is 5. The Morgan fingerprint density at radius 3 is 2.30 bits per heavy atom. The summed E-state index contributed by atoms with van der Waals surface area (Å²) in [6, 6.07) is 24.5. The molecule has 3 aliphatic heterocycles. The molecular weight excluding hydrogens is 469 g/mol. The molecule has 4 aromatic rings. The van der Waals surface area contributed by atoms with E-state index in [1.165, 1.54) is 29.2 Å². The van der Waals surface area contributed by atoms with Gasteiger partial charge in [-0.25, -0.2) is 9.29 Å². The molecule has 3 aliphatic rings. The molecule has 0 saturated carbocycles. The molecule has 0 aromatic heterocycles. The fraction of sp³-hybridized carbons (Fsp3) is 0.133. The van der Waals surface area contributed by atoms with E-state index >= 15 is 0 Å². The molecule has 4 atom stereocenters. The van der Waals surface area contributed by atoms with Gasteiger partial charge in [0, 0.05) is 5.56 Å². The molecule has 2 saturated heterocycles. The number of imide groups is 1. The largest absolute Gasteiger partial charge is 0.292 e. The summed E-state index contributed by atoms with van der Waals surface area (Å²) in [5.74, 6) is -3.31. The number of nitrogens with zero attached hydrogens (tertiary/aromatic N) is 3. The number of benzene rings is 4. The van der Waals surface area contributed by atoms with Gasteiger partial charge in [0.2, 0.25) is 11.8 Å². The van der Waals surface area contributed by atoms with Crippen LogP contribution in [0.15, 0.2) is 96.1 Å². The van der Waals surface area contributed by atoms with Gasteiger partial charge < -0.3 is 0 Å². The lowest BCUT2D eigenvalue weighted by Crippen LogP contribution is -2.44. The van der Waals surface area contributed by atoms with Gasteiger partial charge in [-0.05, 0) is 58.3 Å². The Bertz CT molecular complexity index is 1650. The standard InChI is InChI=1S/C30H20FN3O3/c31-21-12-9-18(10-13-21)28(35)27-25-24(26-23-8-4-3-7-20(23)16-32-34(26)27)29(36)33(30(25)37)22-14-11-17-5-1-2-6-19(17)15-22/h1-16,24-27H/t24-,25-,26-,27+/m1/s1. The summed E-state index contributed by atoms with van der Waals surface area (Å²) >= 11 is 0. The Labute approximate surface area is 211 Å². The Morgan fingerprint density at radius 2 is 1.49 bits per heavy atom. The quantitative estimate of drug-likeness (QED) is 0.308. The lowest BCUT2D eigenvalue weighted by Gasteiger charge is -2.33. The average Bonchev–Trinajstić information content (AvgIpc) is 3.40. The van der Waals surface area contributed by atoms with Crippen LogP contribution in [0.2, 0.25) is 0 Å². The van der Waals surface area contributed by atoms with E-state index in [2.05, 4.69) is 5.10 Å². The molecule has 0 N–H and O–H groups in total. The van der Waals surface area contributed by atoms with Crippen LogP contribution in [0.5, 0.6) is 0 Å². The number of hydrogen-bond donors (Lipinski definition) is 0. The zero-order valence-electron chi connectivity index (χ0n) is 19.5. The van der Waals surface area contributed by atoms with Crippen LogP contribution in [0.4, 0.5) is 10.1 Å². The van der Waals surface area contributed by atoms with E-state index in [1.54, 1.807) is 17.3 Å². The van der Waals surface area contributed by atoms with Gasteiger partial charge in [-0.3, -0.25) is 19.4 Å². The number of carbonyl (C=O) groups is 3. The summed E-state index contributed by atoms with van der Waals surface area (Å²) in [6.45, 7) is 0. The molecule has 37 heavy (non-hydrogen) atoms. The second kappa shape index (κ2) is 7.93. The van der Waals surface area contributed by atoms with E-state index < -0.39 is 35.6 Å². The van der Waals surface area contributed by atoms with Crippen molar-refractivity contribution in [1.29, 1.82) is 0 Å². The molecule has 3 heterocycles. The molecule has 2 amide bonds. The van der Waals surface area contributed by atoms with Crippen molar-refractivity contribution in [3.63, 3.8) is 0 Å². The third-order valence-electron chi connectivity index (χ3n) is 7.68. The summed E-state index contributed by atoms with van der Waals surface area (Å²) in [6.07, 6.45) is 1.66. The number of rotatable bonds is 3. The maximum atomic E-state index is 14.0. The summed E-state index contributed by atoms with van der Waals surface area (Å²) in [7, 11) is 0. The van der Waals surface area contributed by atoms with Crippen molar-refractivity contribution in [3.8, 4) is 0 Å². The molecule has 0 spiro atoms. The minimum absolute atomic E-state index is 0.268. The predicted octanol–water partition coefficient (Wildman–Crippen LogP) is 4.74. The molecule has 7 heteroatoms. The molecule has 0 aliphatic carbocycles. The van der Waals surface area contributed by atoms with Gasteiger partial charge in [-0.15, -0.1) is 0 Å². The average molecular weight is 490 g/mol. The molecule has 0 unspecified atom stereocenters. The van der Waals surface area contributed by atoms with Gasteiger partial charge >= 0.3 is 0 Å². The van der Waals surface area contributed by atoms with E-state index in [0.717, 1.165) is 21.9 Å². The van der Waals surface area contributed by atoms with E-state index in [9.17, 15) is 18.8 Å². The number of anilines is 1. The van der Waals surface area contributed by atoms with Gasteiger partial charge in [-0.2, -0.15) is 5.10 Å². The van der Waals surface area contributed by atoms with Crippen molar-refractivity contribution in [2.45, 2.75) is 12.1 Å². The highest BCUT2D eigenvalue weighted by Gasteiger charge is 2.65. The second-order valence-corrected chi connectivity index (χ2v) is 9.61. The van der Waals surface area contributed by atoms with Crippen LogP contribution in [0.3, 0.4) is 0 Å². The van der Waals surface area contributed by atoms with Crippen LogP contribution in [-0.2, 0) is 9.59 Å². The van der Waals surface area contributed by atoms with Crippen molar-refractivity contribution in [1.82, 2.24) is 5.01 Å². The molecule has 4 aromatic carbocycles. The highest BCUT2D eigenvalue weighted by atomic mass is 19.1. The van der Waals surface area contributed by atoms with Crippen LogP contribution >= 0.6 is 0 Å². The van der Waals surface area contributed by atoms with E-state index in [-0.39, 0.29) is 17.3 Å². The number of carbonyl (C=O) groups excluding carboxylic acids is 3. The minimum atomic E-state index is -0.994. The van der Waals surface area contributed by atoms with E-state index in [4.69, 9.17) is 0 Å². The topological polar surface area (TPSA) is 70.0 Å². The van der Waals surface area contributed by atoms with Crippen molar-refractivity contribution in [2.75, 3.05) is 4.90 Å². The Morgan fingerprint density at radius 1 is 0.784 bits per heavy atom. The lowest BCUT2D eigenvalue weighted by atomic mass is 9.83. The fourth-order valence-electron chi connectivity index (χ4n) is 6.02. The normalized spacial score (nSPS) is 23.8. The zero-order valence-corrected chi connectivity index (χ0v) is 19.5. The number of fused-ring (bicyclic) bond motifs is 6. The Kier molecular flexibility index (Phi) is 4.63. The van der Waals surface area contributed by atoms with Crippen molar-refractivity contribution >= 4 is 40.3 Å². The smallest absolute Gasteiger partial charge is 0.240 e. The van der Waals surface area contributed by atoms with E-state index in [0.29, 0.717) is 5.69 Å². The highest BCUT2D eigenvalue weighted by molar-refractivity contribution is 6.25. The third kappa shape index (κ3) is 3.10. The number of hydrazone groups is 1. The zero-order chi connectivity index (χ0) is 25.3.